The van der Waals surface area contributed by atoms with Gasteiger partial charge in [0, 0.05) is 24.1 Å². The third-order valence-electron chi connectivity index (χ3n) is 3.60. The Balaban J connectivity index is 1.81. The van der Waals surface area contributed by atoms with Crippen LogP contribution >= 0.6 is 0 Å². The maximum absolute atomic E-state index is 12.4. The Labute approximate surface area is 139 Å². The van der Waals surface area contributed by atoms with E-state index in [2.05, 4.69) is 5.10 Å². The van der Waals surface area contributed by atoms with E-state index in [1.165, 1.54) is 6.08 Å². The van der Waals surface area contributed by atoms with Crippen LogP contribution in [-0.2, 0) is 11.8 Å². The summed E-state index contributed by atoms with van der Waals surface area (Å²) in [4.78, 5) is 24.5. The number of aryl methyl sites for hydroxylation is 1. The summed E-state index contributed by atoms with van der Waals surface area (Å²) >= 11 is 0. The minimum absolute atomic E-state index is 0.216. The largest absolute Gasteiger partial charge is 0.426 e. The van der Waals surface area contributed by atoms with Crippen LogP contribution in [0.25, 0.3) is 10.9 Å². The number of fused-ring (bicyclic) bond motifs is 1. The topological polar surface area (TPSA) is 61.2 Å². The summed E-state index contributed by atoms with van der Waals surface area (Å²) in [5, 5.41) is 4.93. The minimum Gasteiger partial charge on any atom is -0.426 e. The first-order valence-electron chi connectivity index (χ1n) is 7.48. The highest BCUT2D eigenvalue weighted by atomic mass is 16.5. The van der Waals surface area contributed by atoms with Crippen molar-refractivity contribution in [2.75, 3.05) is 0 Å². The van der Waals surface area contributed by atoms with Gasteiger partial charge in [-0.25, -0.2) is 4.79 Å². The van der Waals surface area contributed by atoms with E-state index in [-0.39, 0.29) is 17.2 Å². The predicted octanol–water partition coefficient (Wildman–Crippen LogP) is 3.52. The van der Waals surface area contributed by atoms with E-state index in [1.807, 2.05) is 30.3 Å². The molecule has 0 bridgehead atoms. The SMILES string of the molecule is C/C(=C\C(=O)c1ccccc1)OC(=O)c1nn(C)c2ccccc12. The second kappa shape index (κ2) is 6.50. The fraction of sp³-hybridized carbons (Fsp3) is 0.105. The standard InChI is InChI=1S/C19H16N2O3/c1-13(12-17(22)14-8-4-3-5-9-14)24-19(23)18-15-10-6-7-11-16(15)21(2)20-18/h3-12H,1-2H3/b13-12+. The number of ether oxygens (including phenoxy) is 1. The van der Waals surface area contributed by atoms with E-state index >= 15 is 0 Å². The Morgan fingerprint density at radius 2 is 1.71 bits per heavy atom. The number of allylic oxidation sites excluding steroid dienone is 2. The summed E-state index contributed by atoms with van der Waals surface area (Å²) in [5.74, 6) is -0.572. The summed E-state index contributed by atoms with van der Waals surface area (Å²) in [6.07, 6.45) is 1.30. The molecule has 0 N–H and O–H groups in total. The van der Waals surface area contributed by atoms with Gasteiger partial charge in [0.2, 0.25) is 0 Å². The summed E-state index contributed by atoms with van der Waals surface area (Å²) in [5.41, 5.74) is 1.61. The van der Waals surface area contributed by atoms with Crippen LogP contribution in [0.15, 0.2) is 66.4 Å². The van der Waals surface area contributed by atoms with Gasteiger partial charge in [0.25, 0.3) is 0 Å². The van der Waals surface area contributed by atoms with Gasteiger partial charge in [0.15, 0.2) is 11.5 Å². The second-order valence-corrected chi connectivity index (χ2v) is 5.36. The number of hydrogen-bond acceptors (Lipinski definition) is 4. The maximum atomic E-state index is 12.4. The van der Waals surface area contributed by atoms with Crippen LogP contribution in [0.4, 0.5) is 0 Å². The lowest BCUT2D eigenvalue weighted by Gasteiger charge is -2.03. The van der Waals surface area contributed by atoms with Crippen LogP contribution in [0.1, 0.15) is 27.8 Å². The highest BCUT2D eigenvalue weighted by molar-refractivity contribution is 6.05. The first kappa shape index (κ1) is 15.7. The lowest BCUT2D eigenvalue weighted by atomic mass is 10.1. The van der Waals surface area contributed by atoms with Crippen molar-refractivity contribution < 1.29 is 14.3 Å². The number of esters is 1. The van der Waals surface area contributed by atoms with Gasteiger partial charge in [-0.1, -0.05) is 48.5 Å². The molecule has 0 saturated heterocycles. The minimum atomic E-state index is -0.582. The molecule has 0 fully saturated rings. The van der Waals surface area contributed by atoms with Gasteiger partial charge in [-0.3, -0.25) is 9.48 Å². The van der Waals surface area contributed by atoms with Crippen molar-refractivity contribution in [3.63, 3.8) is 0 Å². The van der Waals surface area contributed by atoms with Crippen molar-refractivity contribution >= 4 is 22.7 Å². The zero-order valence-electron chi connectivity index (χ0n) is 13.4. The molecule has 3 aromatic rings. The maximum Gasteiger partial charge on any atom is 0.364 e. The fourth-order valence-corrected chi connectivity index (χ4v) is 2.46. The lowest BCUT2D eigenvalue weighted by molar-refractivity contribution is 0.0620. The van der Waals surface area contributed by atoms with Crippen LogP contribution in [0.2, 0.25) is 0 Å². The third kappa shape index (κ3) is 3.10. The van der Waals surface area contributed by atoms with Crippen LogP contribution in [0.3, 0.4) is 0 Å². The van der Waals surface area contributed by atoms with Gasteiger partial charge >= 0.3 is 5.97 Å². The molecule has 1 aromatic heterocycles. The van der Waals surface area contributed by atoms with Crippen molar-refractivity contribution in [3.05, 3.63) is 77.7 Å². The first-order chi connectivity index (χ1) is 11.6. The molecule has 3 rings (SSSR count). The van der Waals surface area contributed by atoms with Crippen LogP contribution in [0, 0.1) is 0 Å². The highest BCUT2D eigenvalue weighted by Gasteiger charge is 2.18. The van der Waals surface area contributed by atoms with Crippen molar-refractivity contribution in [1.82, 2.24) is 9.78 Å². The van der Waals surface area contributed by atoms with Crippen molar-refractivity contribution in [1.29, 1.82) is 0 Å². The third-order valence-corrected chi connectivity index (χ3v) is 3.60. The quantitative estimate of drug-likeness (QED) is 0.319. The second-order valence-electron chi connectivity index (χ2n) is 5.36. The molecular weight excluding hydrogens is 304 g/mol. The van der Waals surface area contributed by atoms with E-state index < -0.39 is 5.97 Å². The normalized spacial score (nSPS) is 11.5. The number of hydrogen-bond donors (Lipinski definition) is 0. The molecule has 0 aliphatic carbocycles. The molecule has 0 radical (unpaired) electrons. The van der Waals surface area contributed by atoms with E-state index in [0.29, 0.717) is 10.9 Å². The summed E-state index contributed by atoms with van der Waals surface area (Å²) < 4.78 is 6.90. The molecule has 0 atom stereocenters. The molecule has 1 heterocycles. The van der Waals surface area contributed by atoms with Crippen LogP contribution in [-0.4, -0.2) is 21.5 Å². The Morgan fingerprint density at radius 3 is 2.46 bits per heavy atom. The molecule has 0 aliphatic rings. The molecular formula is C19H16N2O3. The molecule has 0 saturated carbocycles. The van der Waals surface area contributed by atoms with Crippen molar-refractivity contribution in [2.45, 2.75) is 6.92 Å². The van der Waals surface area contributed by atoms with Gasteiger partial charge in [0.1, 0.15) is 5.76 Å². The molecule has 24 heavy (non-hydrogen) atoms. The number of aromatic nitrogens is 2. The number of carbonyl (C=O) groups is 2. The summed E-state index contributed by atoms with van der Waals surface area (Å²) in [7, 11) is 1.76. The number of ketones is 1. The summed E-state index contributed by atoms with van der Waals surface area (Å²) in [6, 6.07) is 16.2. The lowest BCUT2D eigenvalue weighted by Crippen LogP contribution is -2.07. The van der Waals surface area contributed by atoms with Gasteiger partial charge in [-0.15, -0.1) is 0 Å². The van der Waals surface area contributed by atoms with Gasteiger partial charge in [-0.05, 0) is 13.0 Å². The number of rotatable bonds is 4. The van der Waals surface area contributed by atoms with Crippen molar-refractivity contribution in [3.8, 4) is 0 Å². The smallest absolute Gasteiger partial charge is 0.364 e. The van der Waals surface area contributed by atoms with Crippen molar-refractivity contribution in [2.24, 2.45) is 7.05 Å². The van der Waals surface area contributed by atoms with E-state index in [9.17, 15) is 9.59 Å². The molecule has 0 aliphatic heterocycles. The molecule has 120 valence electrons. The molecule has 0 unspecified atom stereocenters. The molecule has 0 amide bonds. The zero-order chi connectivity index (χ0) is 17.1. The number of para-hydroxylation sites is 1. The summed E-state index contributed by atoms with van der Waals surface area (Å²) in [6.45, 7) is 1.57. The van der Waals surface area contributed by atoms with E-state index in [0.717, 1.165) is 5.52 Å². The monoisotopic (exact) mass is 320 g/mol. The molecule has 0 spiro atoms. The Hall–Kier alpha value is -3.21. The first-order valence-corrected chi connectivity index (χ1v) is 7.48. The van der Waals surface area contributed by atoms with E-state index in [1.54, 1.807) is 42.9 Å². The Bertz CT molecular complexity index is 940. The molecule has 5 heteroatoms. The number of benzene rings is 2. The number of carbonyl (C=O) groups excluding carboxylic acids is 2. The number of nitrogens with zero attached hydrogens (tertiary/aromatic N) is 2. The van der Waals surface area contributed by atoms with Crippen LogP contribution in [0.5, 0.6) is 0 Å². The van der Waals surface area contributed by atoms with Gasteiger partial charge in [-0.2, -0.15) is 5.10 Å². The molecule has 5 nitrogen and oxygen atoms in total. The predicted molar refractivity (Wildman–Crippen MR) is 90.7 cm³/mol. The zero-order valence-corrected chi connectivity index (χ0v) is 13.4. The highest BCUT2D eigenvalue weighted by Crippen LogP contribution is 2.19. The van der Waals surface area contributed by atoms with Gasteiger partial charge in [0.05, 0.1) is 5.52 Å². The van der Waals surface area contributed by atoms with E-state index in [4.69, 9.17) is 4.74 Å². The molecule has 2 aromatic carbocycles. The average Bonchev–Trinajstić information content (AvgIpc) is 2.93. The fourth-order valence-electron chi connectivity index (χ4n) is 2.46. The van der Waals surface area contributed by atoms with Crippen LogP contribution < -0.4 is 0 Å². The average molecular weight is 320 g/mol. The Morgan fingerprint density at radius 1 is 1.04 bits per heavy atom. The van der Waals surface area contributed by atoms with Gasteiger partial charge < -0.3 is 4.74 Å². The Kier molecular flexibility index (Phi) is 4.24.